The molecule has 0 radical (unpaired) electrons. The molecule has 0 fully saturated rings. The number of rotatable bonds is 3. The van der Waals surface area contributed by atoms with E-state index in [0.717, 1.165) is 5.69 Å². The highest BCUT2D eigenvalue weighted by molar-refractivity contribution is 7.98. The summed E-state index contributed by atoms with van der Waals surface area (Å²) in [5.74, 6) is 0.544. The molecule has 2 rings (SSSR count). The Hall–Kier alpha value is -1.26. The van der Waals surface area contributed by atoms with Crippen molar-refractivity contribution in [1.82, 2.24) is 9.97 Å². The Kier molecular flexibility index (Phi) is 3.64. The smallest absolute Gasteiger partial charge is 0.227 e. The van der Waals surface area contributed by atoms with Gasteiger partial charge in [0.15, 0.2) is 0 Å². The zero-order chi connectivity index (χ0) is 11.4. The highest BCUT2D eigenvalue weighted by atomic mass is 35.5. The van der Waals surface area contributed by atoms with E-state index in [4.69, 9.17) is 11.6 Å². The molecule has 16 heavy (non-hydrogen) atoms. The predicted molar refractivity (Wildman–Crippen MR) is 68.5 cm³/mol. The van der Waals surface area contributed by atoms with Crippen molar-refractivity contribution in [3.8, 4) is 0 Å². The lowest BCUT2D eigenvalue weighted by Crippen LogP contribution is -1.95. The first-order valence-corrected chi connectivity index (χ1v) is 6.27. The highest BCUT2D eigenvalue weighted by Gasteiger charge is 1.98. The summed E-state index contributed by atoms with van der Waals surface area (Å²) in [6.07, 6.45) is 5.17. The molecule has 1 aromatic heterocycles. The number of thioether (sulfide) groups is 1. The number of aromatic nitrogens is 2. The second-order valence-corrected chi connectivity index (χ2v) is 4.40. The highest BCUT2D eigenvalue weighted by Crippen LogP contribution is 2.20. The number of benzene rings is 1. The first kappa shape index (κ1) is 11.2. The van der Waals surface area contributed by atoms with Crippen LogP contribution in [0.15, 0.2) is 41.6 Å². The third kappa shape index (κ3) is 2.87. The lowest BCUT2D eigenvalue weighted by atomic mass is 10.3. The van der Waals surface area contributed by atoms with Gasteiger partial charge in [0, 0.05) is 10.6 Å². The number of hydrogen-bond acceptors (Lipinski definition) is 4. The van der Waals surface area contributed by atoms with Crippen molar-refractivity contribution in [2.45, 2.75) is 4.90 Å². The minimum atomic E-state index is 0.531. The molecule has 0 bridgehead atoms. The zero-order valence-corrected chi connectivity index (χ0v) is 10.2. The molecule has 0 saturated heterocycles. The van der Waals surface area contributed by atoms with Gasteiger partial charge in [-0.2, -0.15) is 0 Å². The number of hydrogen-bond donors (Lipinski definition) is 1. The van der Waals surface area contributed by atoms with Gasteiger partial charge < -0.3 is 5.32 Å². The zero-order valence-electron chi connectivity index (χ0n) is 8.64. The summed E-state index contributed by atoms with van der Waals surface area (Å²) in [7, 11) is 0. The molecule has 3 nitrogen and oxygen atoms in total. The summed E-state index contributed by atoms with van der Waals surface area (Å²) in [5, 5.41) is 3.64. The summed E-state index contributed by atoms with van der Waals surface area (Å²) < 4.78 is 0. The van der Waals surface area contributed by atoms with Crippen molar-refractivity contribution in [3.63, 3.8) is 0 Å². The van der Waals surface area contributed by atoms with Crippen molar-refractivity contribution in [2.75, 3.05) is 11.6 Å². The molecule has 1 heterocycles. The quantitative estimate of drug-likeness (QED) is 0.846. The molecule has 2 aromatic rings. The molecule has 0 aliphatic heterocycles. The van der Waals surface area contributed by atoms with E-state index in [2.05, 4.69) is 21.4 Å². The van der Waals surface area contributed by atoms with Crippen LogP contribution < -0.4 is 5.32 Å². The van der Waals surface area contributed by atoms with Crippen LogP contribution in [0.2, 0.25) is 5.02 Å². The summed E-state index contributed by atoms with van der Waals surface area (Å²) >= 11 is 7.40. The molecule has 0 saturated carbocycles. The molecule has 0 spiro atoms. The van der Waals surface area contributed by atoms with Crippen LogP contribution in [0.25, 0.3) is 0 Å². The SMILES string of the molecule is CSc1cccc(Nc2ncc(Cl)cn2)c1. The van der Waals surface area contributed by atoms with Gasteiger partial charge in [-0.25, -0.2) is 9.97 Å². The lowest BCUT2D eigenvalue weighted by molar-refractivity contribution is 1.16. The number of halogens is 1. The molecule has 0 aliphatic carbocycles. The van der Waals surface area contributed by atoms with Gasteiger partial charge in [0.1, 0.15) is 0 Å². The van der Waals surface area contributed by atoms with Gasteiger partial charge in [-0.1, -0.05) is 17.7 Å². The van der Waals surface area contributed by atoms with Crippen LogP contribution in [0.3, 0.4) is 0 Å². The maximum Gasteiger partial charge on any atom is 0.227 e. The average Bonchev–Trinajstić information content (AvgIpc) is 2.32. The minimum Gasteiger partial charge on any atom is -0.324 e. The fourth-order valence-electron chi connectivity index (χ4n) is 1.21. The second-order valence-electron chi connectivity index (χ2n) is 3.08. The number of nitrogens with one attached hydrogen (secondary N) is 1. The van der Waals surface area contributed by atoms with Crippen LogP contribution >= 0.6 is 23.4 Å². The predicted octanol–water partition coefficient (Wildman–Crippen LogP) is 3.60. The van der Waals surface area contributed by atoms with Crippen molar-refractivity contribution >= 4 is 35.0 Å². The lowest BCUT2D eigenvalue weighted by Gasteiger charge is -2.05. The Balaban J connectivity index is 2.16. The summed E-state index contributed by atoms with van der Waals surface area (Å²) in [6, 6.07) is 8.06. The Morgan fingerprint density at radius 3 is 2.69 bits per heavy atom. The fraction of sp³-hybridized carbons (Fsp3) is 0.0909. The van der Waals surface area contributed by atoms with E-state index in [9.17, 15) is 0 Å². The van der Waals surface area contributed by atoms with E-state index < -0.39 is 0 Å². The van der Waals surface area contributed by atoms with Crippen molar-refractivity contribution in [3.05, 3.63) is 41.7 Å². The summed E-state index contributed by atoms with van der Waals surface area (Å²) in [4.78, 5) is 9.33. The Labute approximate surface area is 103 Å². The van der Waals surface area contributed by atoms with E-state index in [-0.39, 0.29) is 0 Å². The van der Waals surface area contributed by atoms with Crippen molar-refractivity contribution in [2.24, 2.45) is 0 Å². The van der Waals surface area contributed by atoms with Gasteiger partial charge in [-0.3, -0.25) is 0 Å². The van der Waals surface area contributed by atoms with E-state index in [0.29, 0.717) is 11.0 Å². The number of anilines is 2. The van der Waals surface area contributed by atoms with E-state index in [1.54, 1.807) is 24.2 Å². The molecule has 0 amide bonds. The fourth-order valence-corrected chi connectivity index (χ4v) is 1.76. The summed E-state index contributed by atoms with van der Waals surface area (Å²) in [5.41, 5.74) is 0.967. The summed E-state index contributed by atoms with van der Waals surface area (Å²) in [6.45, 7) is 0. The van der Waals surface area contributed by atoms with Gasteiger partial charge in [0.2, 0.25) is 5.95 Å². The molecular weight excluding hydrogens is 242 g/mol. The van der Waals surface area contributed by atoms with Gasteiger partial charge in [0.25, 0.3) is 0 Å². The second kappa shape index (κ2) is 5.18. The Morgan fingerprint density at radius 1 is 1.25 bits per heavy atom. The topological polar surface area (TPSA) is 37.8 Å². The number of nitrogens with zero attached hydrogens (tertiary/aromatic N) is 2. The molecule has 82 valence electrons. The Morgan fingerprint density at radius 2 is 2.00 bits per heavy atom. The van der Waals surface area contributed by atoms with Crippen LogP contribution in [-0.2, 0) is 0 Å². The van der Waals surface area contributed by atoms with Gasteiger partial charge in [-0.05, 0) is 24.5 Å². The monoisotopic (exact) mass is 251 g/mol. The Bertz CT molecular complexity index is 473. The third-order valence-corrected chi connectivity index (χ3v) is 2.87. The first-order valence-electron chi connectivity index (χ1n) is 4.66. The van der Waals surface area contributed by atoms with Crippen LogP contribution in [0.4, 0.5) is 11.6 Å². The first-order chi connectivity index (χ1) is 7.78. The standard InChI is InChI=1S/C11H10ClN3S/c1-16-10-4-2-3-9(5-10)15-11-13-6-8(12)7-14-11/h2-7H,1H3,(H,13,14,15). The van der Waals surface area contributed by atoms with Crippen molar-refractivity contribution in [1.29, 1.82) is 0 Å². The maximum absolute atomic E-state index is 5.71. The average molecular weight is 252 g/mol. The normalized spacial score (nSPS) is 10.1. The third-order valence-electron chi connectivity index (χ3n) is 1.95. The molecule has 5 heteroatoms. The molecule has 0 atom stereocenters. The molecule has 0 unspecified atom stereocenters. The van der Waals surface area contributed by atoms with Gasteiger partial charge in [-0.15, -0.1) is 11.8 Å². The van der Waals surface area contributed by atoms with Crippen LogP contribution in [0.1, 0.15) is 0 Å². The molecule has 0 aliphatic rings. The van der Waals surface area contributed by atoms with E-state index in [1.807, 2.05) is 24.5 Å². The maximum atomic E-state index is 5.71. The van der Waals surface area contributed by atoms with Crippen molar-refractivity contribution < 1.29 is 0 Å². The van der Waals surface area contributed by atoms with Crippen LogP contribution in [0, 0.1) is 0 Å². The van der Waals surface area contributed by atoms with E-state index >= 15 is 0 Å². The van der Waals surface area contributed by atoms with E-state index in [1.165, 1.54) is 4.90 Å². The minimum absolute atomic E-state index is 0.531. The van der Waals surface area contributed by atoms with Gasteiger partial charge in [0.05, 0.1) is 17.4 Å². The largest absolute Gasteiger partial charge is 0.324 e. The van der Waals surface area contributed by atoms with Crippen LogP contribution in [0.5, 0.6) is 0 Å². The van der Waals surface area contributed by atoms with Gasteiger partial charge >= 0.3 is 0 Å². The molecular formula is C11H10ClN3S. The van der Waals surface area contributed by atoms with Crippen LogP contribution in [-0.4, -0.2) is 16.2 Å². The molecule has 1 N–H and O–H groups in total. The molecule has 1 aromatic carbocycles.